The Morgan fingerprint density at radius 2 is 1.90 bits per heavy atom. The van der Waals surface area contributed by atoms with Gasteiger partial charge in [0.1, 0.15) is 0 Å². The van der Waals surface area contributed by atoms with Gasteiger partial charge in [-0.15, -0.1) is 0 Å². The summed E-state index contributed by atoms with van der Waals surface area (Å²) in [4.78, 5) is 34.2. The molecule has 1 aliphatic heterocycles. The van der Waals surface area contributed by atoms with E-state index in [9.17, 15) is 19.7 Å². The van der Waals surface area contributed by atoms with Gasteiger partial charge in [0.25, 0.3) is 5.69 Å². The van der Waals surface area contributed by atoms with E-state index in [1.165, 1.54) is 17.1 Å². The van der Waals surface area contributed by atoms with Crippen molar-refractivity contribution in [2.45, 2.75) is 32.2 Å². The number of aryl methyl sites for hydroxylation is 1. The molecule has 0 aliphatic carbocycles. The second-order valence-electron chi connectivity index (χ2n) is 6.87. The monoisotopic (exact) mass is 395 g/mol. The molecule has 2 N–H and O–H groups in total. The van der Waals surface area contributed by atoms with E-state index in [1.807, 2.05) is 37.3 Å². The van der Waals surface area contributed by atoms with Crippen LogP contribution in [0.4, 0.5) is 5.69 Å². The average Bonchev–Trinajstić information content (AvgIpc) is 3.14. The fourth-order valence-corrected chi connectivity index (χ4v) is 3.16. The van der Waals surface area contributed by atoms with Crippen molar-refractivity contribution >= 4 is 23.3 Å². The summed E-state index contributed by atoms with van der Waals surface area (Å²) in [7, 11) is 0. The van der Waals surface area contributed by atoms with Gasteiger partial charge in [-0.2, -0.15) is 0 Å². The molecular weight excluding hydrogens is 374 g/mol. The summed E-state index contributed by atoms with van der Waals surface area (Å²) in [5.41, 5.74) is 6.33. The molecule has 1 aliphatic rings. The van der Waals surface area contributed by atoms with E-state index in [4.69, 9.17) is 5.11 Å². The number of carbonyl (C=O) groups excluding carboxylic acids is 1. The van der Waals surface area contributed by atoms with Crippen molar-refractivity contribution in [2.75, 3.05) is 0 Å². The number of nitro groups is 1. The van der Waals surface area contributed by atoms with Gasteiger partial charge in [0, 0.05) is 25.0 Å². The summed E-state index contributed by atoms with van der Waals surface area (Å²) in [5, 5.41) is 21.4. The van der Waals surface area contributed by atoms with E-state index < -0.39 is 16.9 Å². The molecule has 8 nitrogen and oxygen atoms in total. The van der Waals surface area contributed by atoms with Crippen LogP contribution in [0.2, 0.25) is 0 Å². The predicted molar refractivity (Wildman–Crippen MR) is 106 cm³/mol. The van der Waals surface area contributed by atoms with Gasteiger partial charge < -0.3 is 5.11 Å². The van der Waals surface area contributed by atoms with Crippen molar-refractivity contribution in [3.8, 4) is 0 Å². The van der Waals surface area contributed by atoms with Crippen LogP contribution in [-0.4, -0.2) is 26.9 Å². The van der Waals surface area contributed by atoms with Gasteiger partial charge in [-0.25, -0.2) is 5.01 Å². The van der Waals surface area contributed by atoms with Crippen LogP contribution in [0.15, 0.2) is 54.6 Å². The standard InChI is InChI=1S/C21H21N3O5/c1-14-8-10-15(11-9-14)18-13-19(16-4-2-5-17(12-16)24(28)29)23(22-18)20(25)6-3-7-21(26)27/h2,4-5,8-13,19,22H,3,6-7H2,1H3,(H,26,27)/t19-/m0/s1. The fourth-order valence-electron chi connectivity index (χ4n) is 3.16. The van der Waals surface area contributed by atoms with Crippen molar-refractivity contribution in [1.29, 1.82) is 0 Å². The SMILES string of the molecule is Cc1ccc(C2=C[C@@H](c3cccc([N+](=O)[O-])c3)N(C(=O)CCCC(=O)O)N2)cc1. The highest BCUT2D eigenvalue weighted by Gasteiger charge is 2.31. The Balaban J connectivity index is 1.90. The normalized spacial score (nSPS) is 15.6. The molecule has 1 amide bonds. The highest BCUT2D eigenvalue weighted by molar-refractivity contribution is 5.81. The van der Waals surface area contributed by atoms with Gasteiger partial charge in [-0.05, 0) is 30.5 Å². The molecule has 8 heteroatoms. The molecule has 1 atom stereocenters. The quantitative estimate of drug-likeness (QED) is 0.547. The maximum atomic E-state index is 12.8. The first kappa shape index (κ1) is 20.1. The Morgan fingerprint density at radius 1 is 1.17 bits per heavy atom. The molecule has 29 heavy (non-hydrogen) atoms. The number of nitrogens with one attached hydrogen (secondary N) is 1. The minimum Gasteiger partial charge on any atom is -0.481 e. The van der Waals surface area contributed by atoms with Crippen molar-refractivity contribution in [2.24, 2.45) is 0 Å². The zero-order valence-electron chi connectivity index (χ0n) is 15.9. The molecule has 0 saturated carbocycles. The third kappa shape index (κ3) is 4.78. The molecule has 3 rings (SSSR count). The molecule has 0 bridgehead atoms. The summed E-state index contributed by atoms with van der Waals surface area (Å²) in [6.45, 7) is 1.98. The first-order valence-corrected chi connectivity index (χ1v) is 9.19. The van der Waals surface area contributed by atoms with Crippen LogP contribution in [0.25, 0.3) is 5.70 Å². The number of hydrogen-bond donors (Lipinski definition) is 2. The van der Waals surface area contributed by atoms with Gasteiger partial charge >= 0.3 is 5.97 Å². The van der Waals surface area contributed by atoms with Crippen LogP contribution in [0, 0.1) is 17.0 Å². The summed E-state index contributed by atoms with van der Waals surface area (Å²) in [6, 6.07) is 13.4. The summed E-state index contributed by atoms with van der Waals surface area (Å²) < 4.78 is 0. The van der Waals surface area contributed by atoms with E-state index in [0.29, 0.717) is 11.3 Å². The molecule has 2 aromatic rings. The van der Waals surface area contributed by atoms with Crippen LogP contribution in [0.3, 0.4) is 0 Å². The number of rotatable bonds is 7. The summed E-state index contributed by atoms with van der Waals surface area (Å²) >= 11 is 0. The molecule has 150 valence electrons. The molecule has 0 radical (unpaired) electrons. The minimum absolute atomic E-state index is 0.0553. The number of aliphatic carboxylic acids is 1. The first-order chi connectivity index (χ1) is 13.8. The van der Waals surface area contributed by atoms with Gasteiger partial charge in [0.15, 0.2) is 0 Å². The lowest BCUT2D eigenvalue weighted by Crippen LogP contribution is -2.39. The Kier molecular flexibility index (Phi) is 5.92. The number of hydrogen-bond acceptors (Lipinski definition) is 5. The van der Waals surface area contributed by atoms with Gasteiger partial charge in [0.2, 0.25) is 5.91 Å². The van der Waals surface area contributed by atoms with Gasteiger partial charge in [-0.3, -0.25) is 25.1 Å². The zero-order valence-corrected chi connectivity index (χ0v) is 15.9. The van der Waals surface area contributed by atoms with E-state index >= 15 is 0 Å². The van der Waals surface area contributed by atoms with E-state index in [-0.39, 0.29) is 30.9 Å². The largest absolute Gasteiger partial charge is 0.481 e. The zero-order chi connectivity index (χ0) is 21.0. The predicted octanol–water partition coefficient (Wildman–Crippen LogP) is 3.59. The minimum atomic E-state index is -0.958. The molecule has 2 aromatic carbocycles. The van der Waals surface area contributed by atoms with Gasteiger partial charge in [-0.1, -0.05) is 42.0 Å². The number of carbonyl (C=O) groups is 2. The van der Waals surface area contributed by atoms with Crippen LogP contribution >= 0.6 is 0 Å². The van der Waals surface area contributed by atoms with Crippen LogP contribution < -0.4 is 5.43 Å². The summed E-state index contributed by atoms with van der Waals surface area (Å²) in [5.74, 6) is -1.23. The van der Waals surface area contributed by atoms with E-state index in [1.54, 1.807) is 12.1 Å². The molecular formula is C21H21N3O5. The second-order valence-corrected chi connectivity index (χ2v) is 6.87. The third-order valence-corrected chi connectivity index (χ3v) is 4.68. The topological polar surface area (TPSA) is 113 Å². The number of carboxylic acids is 1. The van der Waals surface area contributed by atoms with Crippen molar-refractivity contribution in [3.05, 3.63) is 81.4 Å². The number of benzene rings is 2. The number of amides is 1. The van der Waals surface area contributed by atoms with Crippen LogP contribution in [-0.2, 0) is 9.59 Å². The number of hydrazine groups is 1. The van der Waals surface area contributed by atoms with E-state index in [2.05, 4.69) is 5.43 Å². The Morgan fingerprint density at radius 3 is 2.55 bits per heavy atom. The molecule has 0 spiro atoms. The van der Waals surface area contributed by atoms with Crippen LogP contribution in [0.5, 0.6) is 0 Å². The van der Waals surface area contributed by atoms with E-state index in [0.717, 1.165) is 11.1 Å². The summed E-state index contributed by atoms with van der Waals surface area (Å²) in [6.07, 6.45) is 2.02. The number of carboxylic acid groups (broad SMARTS) is 1. The lowest BCUT2D eigenvalue weighted by molar-refractivity contribution is -0.384. The van der Waals surface area contributed by atoms with Crippen molar-refractivity contribution < 1.29 is 19.6 Å². The lowest BCUT2D eigenvalue weighted by atomic mass is 10.0. The molecule has 1 heterocycles. The maximum absolute atomic E-state index is 12.8. The van der Waals surface area contributed by atoms with Crippen LogP contribution in [0.1, 0.15) is 42.0 Å². The number of non-ortho nitro benzene ring substituents is 1. The molecule has 0 fully saturated rings. The molecule has 0 aromatic heterocycles. The first-order valence-electron chi connectivity index (χ1n) is 9.19. The van der Waals surface area contributed by atoms with Crippen molar-refractivity contribution in [1.82, 2.24) is 10.4 Å². The Hall–Kier alpha value is -3.68. The molecule has 0 unspecified atom stereocenters. The smallest absolute Gasteiger partial charge is 0.303 e. The molecule has 0 saturated heterocycles. The average molecular weight is 395 g/mol. The third-order valence-electron chi connectivity index (χ3n) is 4.68. The lowest BCUT2D eigenvalue weighted by Gasteiger charge is -2.25. The number of nitro benzene ring substituents is 1. The Bertz CT molecular complexity index is 969. The van der Waals surface area contributed by atoms with Crippen molar-refractivity contribution in [3.63, 3.8) is 0 Å². The fraction of sp³-hybridized carbons (Fsp3) is 0.238. The Labute approximate surface area is 167 Å². The second kappa shape index (κ2) is 8.55. The maximum Gasteiger partial charge on any atom is 0.303 e. The highest BCUT2D eigenvalue weighted by atomic mass is 16.6. The highest BCUT2D eigenvalue weighted by Crippen LogP contribution is 2.33. The van der Waals surface area contributed by atoms with Gasteiger partial charge in [0.05, 0.1) is 16.7 Å². The number of nitrogens with zero attached hydrogens (tertiary/aromatic N) is 2.